The lowest BCUT2D eigenvalue weighted by atomic mass is 9.97. The van der Waals surface area contributed by atoms with Gasteiger partial charge in [-0.25, -0.2) is 0 Å². The van der Waals surface area contributed by atoms with E-state index in [2.05, 4.69) is 16.1 Å². The Morgan fingerprint density at radius 1 is 1.45 bits per heavy atom. The molecule has 2 rings (SSSR count). The molecule has 1 N–H and O–H groups in total. The zero-order chi connectivity index (χ0) is 16.3. The summed E-state index contributed by atoms with van der Waals surface area (Å²) >= 11 is 0. The van der Waals surface area contributed by atoms with Crippen LogP contribution in [0.15, 0.2) is 18.2 Å². The number of ether oxygens (including phenoxy) is 2. The highest BCUT2D eigenvalue weighted by molar-refractivity contribution is 5.95. The van der Waals surface area contributed by atoms with Crippen LogP contribution in [-0.4, -0.2) is 25.2 Å². The van der Waals surface area contributed by atoms with Crippen molar-refractivity contribution >= 4 is 5.91 Å². The molecule has 0 saturated heterocycles. The minimum absolute atomic E-state index is 0.0260. The summed E-state index contributed by atoms with van der Waals surface area (Å²) in [7, 11) is 1.29. The lowest BCUT2D eigenvalue weighted by Crippen LogP contribution is -2.46. The number of amides is 1. The molecule has 1 fully saturated rings. The first-order valence-electron chi connectivity index (χ1n) is 6.76. The molecule has 1 saturated carbocycles. The SMILES string of the molecule is COc1cc(C(=O)NC(C)(C#N)C2CC2)ccc1OC(F)F. The third-order valence-corrected chi connectivity index (χ3v) is 3.64. The quantitative estimate of drug-likeness (QED) is 0.877. The van der Waals surface area contributed by atoms with Gasteiger partial charge in [0.2, 0.25) is 0 Å². The second-order valence-corrected chi connectivity index (χ2v) is 5.29. The van der Waals surface area contributed by atoms with Gasteiger partial charge in [-0.05, 0) is 43.9 Å². The van der Waals surface area contributed by atoms with Crippen LogP contribution < -0.4 is 14.8 Å². The normalized spacial score (nSPS) is 16.5. The van der Waals surface area contributed by atoms with E-state index in [1.54, 1.807) is 6.92 Å². The molecule has 1 aliphatic rings. The Kier molecular flexibility index (Phi) is 4.50. The first kappa shape index (κ1) is 16.0. The van der Waals surface area contributed by atoms with Crippen molar-refractivity contribution in [2.75, 3.05) is 7.11 Å². The minimum Gasteiger partial charge on any atom is -0.493 e. The van der Waals surface area contributed by atoms with E-state index >= 15 is 0 Å². The van der Waals surface area contributed by atoms with E-state index in [0.717, 1.165) is 12.8 Å². The highest BCUT2D eigenvalue weighted by atomic mass is 19.3. The average molecular weight is 310 g/mol. The smallest absolute Gasteiger partial charge is 0.387 e. The lowest BCUT2D eigenvalue weighted by molar-refractivity contribution is -0.0512. The summed E-state index contributed by atoms with van der Waals surface area (Å²) in [5.74, 6) is -0.444. The second kappa shape index (κ2) is 6.18. The summed E-state index contributed by atoms with van der Waals surface area (Å²) in [5, 5.41) is 11.9. The van der Waals surface area contributed by atoms with E-state index in [1.807, 2.05) is 0 Å². The monoisotopic (exact) mass is 310 g/mol. The largest absolute Gasteiger partial charge is 0.493 e. The van der Waals surface area contributed by atoms with Crippen molar-refractivity contribution in [3.8, 4) is 17.6 Å². The van der Waals surface area contributed by atoms with Crippen molar-refractivity contribution in [3.63, 3.8) is 0 Å². The van der Waals surface area contributed by atoms with E-state index in [4.69, 9.17) is 4.74 Å². The van der Waals surface area contributed by atoms with Gasteiger partial charge >= 0.3 is 6.61 Å². The number of rotatable bonds is 6. The highest BCUT2D eigenvalue weighted by Gasteiger charge is 2.43. The van der Waals surface area contributed by atoms with Gasteiger partial charge in [0, 0.05) is 5.56 Å². The molecule has 0 bridgehead atoms. The maximum atomic E-state index is 12.3. The van der Waals surface area contributed by atoms with Gasteiger partial charge in [-0.2, -0.15) is 14.0 Å². The maximum Gasteiger partial charge on any atom is 0.387 e. The fourth-order valence-corrected chi connectivity index (χ4v) is 2.19. The van der Waals surface area contributed by atoms with Crippen molar-refractivity contribution < 1.29 is 23.0 Å². The minimum atomic E-state index is -2.98. The van der Waals surface area contributed by atoms with Crippen LogP contribution >= 0.6 is 0 Å². The number of methoxy groups -OCH3 is 1. The van der Waals surface area contributed by atoms with Crippen LogP contribution in [0.3, 0.4) is 0 Å². The Morgan fingerprint density at radius 2 is 2.14 bits per heavy atom. The topological polar surface area (TPSA) is 71.3 Å². The maximum absolute atomic E-state index is 12.3. The summed E-state index contributed by atoms with van der Waals surface area (Å²) in [5.41, 5.74) is -0.719. The molecule has 0 aromatic heterocycles. The number of hydrogen-bond donors (Lipinski definition) is 1. The van der Waals surface area contributed by atoms with E-state index in [9.17, 15) is 18.8 Å². The van der Waals surface area contributed by atoms with Gasteiger partial charge < -0.3 is 14.8 Å². The fraction of sp³-hybridized carbons (Fsp3) is 0.467. The van der Waals surface area contributed by atoms with E-state index in [0.29, 0.717) is 0 Å². The van der Waals surface area contributed by atoms with Crippen LogP contribution in [-0.2, 0) is 0 Å². The third-order valence-electron chi connectivity index (χ3n) is 3.64. The van der Waals surface area contributed by atoms with Crippen LogP contribution in [0.1, 0.15) is 30.1 Å². The number of carbonyl (C=O) groups is 1. The standard InChI is InChI=1S/C15H16F2N2O3/c1-15(8-18,10-4-5-10)19-13(20)9-3-6-11(22-14(16)17)12(7-9)21-2/h3,6-7,10,14H,4-5H2,1-2H3,(H,19,20). The Hall–Kier alpha value is -2.36. The van der Waals surface area contributed by atoms with Crippen molar-refractivity contribution in [1.29, 1.82) is 5.26 Å². The molecule has 1 amide bonds. The van der Waals surface area contributed by atoms with Crippen LogP contribution in [0.4, 0.5) is 8.78 Å². The number of halogens is 2. The first-order valence-corrected chi connectivity index (χ1v) is 6.76. The molecule has 22 heavy (non-hydrogen) atoms. The van der Waals surface area contributed by atoms with E-state index in [1.165, 1.54) is 25.3 Å². The number of alkyl halides is 2. The molecule has 1 unspecified atom stereocenters. The molecule has 5 nitrogen and oxygen atoms in total. The number of nitrogens with one attached hydrogen (secondary N) is 1. The zero-order valence-electron chi connectivity index (χ0n) is 12.2. The summed E-state index contributed by atoms with van der Waals surface area (Å²) in [6, 6.07) is 6.01. The van der Waals surface area contributed by atoms with Crippen LogP contribution in [0, 0.1) is 17.2 Å². The van der Waals surface area contributed by atoms with Gasteiger partial charge in [0.1, 0.15) is 5.54 Å². The van der Waals surface area contributed by atoms with Crippen LogP contribution in [0.25, 0.3) is 0 Å². The molecule has 0 radical (unpaired) electrons. The van der Waals surface area contributed by atoms with Gasteiger partial charge in [0.05, 0.1) is 13.2 Å². The summed E-state index contributed by atoms with van der Waals surface area (Å²) in [6.45, 7) is -1.31. The van der Waals surface area contributed by atoms with E-state index in [-0.39, 0.29) is 23.0 Å². The highest BCUT2D eigenvalue weighted by Crippen LogP contribution is 2.39. The lowest BCUT2D eigenvalue weighted by Gasteiger charge is -2.23. The molecule has 1 aliphatic carbocycles. The van der Waals surface area contributed by atoms with Crippen molar-refractivity contribution in [2.45, 2.75) is 31.9 Å². The van der Waals surface area contributed by atoms with Crippen LogP contribution in [0.2, 0.25) is 0 Å². The Morgan fingerprint density at radius 3 is 2.64 bits per heavy atom. The average Bonchev–Trinajstić information content (AvgIpc) is 3.31. The predicted molar refractivity (Wildman–Crippen MR) is 73.8 cm³/mol. The number of hydrogen-bond acceptors (Lipinski definition) is 4. The predicted octanol–water partition coefficient (Wildman–Crippen LogP) is 2.72. The molecule has 7 heteroatoms. The number of carbonyl (C=O) groups excluding carboxylic acids is 1. The van der Waals surface area contributed by atoms with Gasteiger partial charge in [0.15, 0.2) is 11.5 Å². The number of nitriles is 1. The summed E-state index contributed by atoms with van der Waals surface area (Å²) in [6.07, 6.45) is 1.80. The van der Waals surface area contributed by atoms with Crippen LogP contribution in [0.5, 0.6) is 11.5 Å². The molecular weight excluding hydrogens is 294 g/mol. The number of nitrogens with zero attached hydrogens (tertiary/aromatic N) is 1. The molecule has 0 spiro atoms. The molecule has 1 atom stereocenters. The molecule has 0 aliphatic heterocycles. The van der Waals surface area contributed by atoms with Crippen molar-refractivity contribution in [1.82, 2.24) is 5.32 Å². The molecule has 118 valence electrons. The second-order valence-electron chi connectivity index (χ2n) is 5.29. The first-order chi connectivity index (χ1) is 10.4. The van der Waals surface area contributed by atoms with Crippen molar-refractivity contribution in [3.05, 3.63) is 23.8 Å². The third kappa shape index (κ3) is 3.45. The number of benzene rings is 1. The Bertz CT molecular complexity index is 611. The zero-order valence-corrected chi connectivity index (χ0v) is 12.2. The molecule has 1 aromatic rings. The van der Waals surface area contributed by atoms with Gasteiger partial charge in [0.25, 0.3) is 5.91 Å². The molecule has 0 heterocycles. The fourth-order valence-electron chi connectivity index (χ4n) is 2.19. The Balaban J connectivity index is 2.18. The Labute approximate surface area is 126 Å². The van der Waals surface area contributed by atoms with E-state index < -0.39 is 18.1 Å². The summed E-state index contributed by atoms with van der Waals surface area (Å²) < 4.78 is 33.8. The van der Waals surface area contributed by atoms with Gasteiger partial charge in [-0.3, -0.25) is 4.79 Å². The molecular formula is C15H16F2N2O3. The van der Waals surface area contributed by atoms with Crippen molar-refractivity contribution in [2.24, 2.45) is 5.92 Å². The van der Waals surface area contributed by atoms with Gasteiger partial charge in [-0.1, -0.05) is 0 Å². The summed E-state index contributed by atoms with van der Waals surface area (Å²) in [4.78, 5) is 12.2. The van der Waals surface area contributed by atoms with Gasteiger partial charge in [-0.15, -0.1) is 0 Å². The molecule has 1 aromatic carbocycles.